The van der Waals surface area contributed by atoms with Crippen molar-refractivity contribution in [2.24, 2.45) is 0 Å². The van der Waals surface area contributed by atoms with Crippen molar-refractivity contribution in [1.82, 2.24) is 14.1 Å². The van der Waals surface area contributed by atoms with E-state index in [2.05, 4.69) is 10.4 Å². The number of rotatable bonds is 7. The first-order valence-electron chi connectivity index (χ1n) is 9.66. The number of hydrogen-bond donors (Lipinski definition) is 1. The summed E-state index contributed by atoms with van der Waals surface area (Å²) in [7, 11) is -2.15. The van der Waals surface area contributed by atoms with Gasteiger partial charge in [-0.25, -0.2) is 13.1 Å². The Hall–Kier alpha value is -2.97. The Labute approximate surface area is 177 Å². The quantitative estimate of drug-likeness (QED) is 0.626. The zero-order valence-electron chi connectivity index (χ0n) is 17.5. The average Bonchev–Trinajstić information content (AvgIpc) is 3.06. The van der Waals surface area contributed by atoms with Gasteiger partial charge in [0, 0.05) is 24.7 Å². The van der Waals surface area contributed by atoms with Crippen LogP contribution < -0.4 is 5.32 Å². The van der Waals surface area contributed by atoms with Crippen LogP contribution >= 0.6 is 0 Å². The summed E-state index contributed by atoms with van der Waals surface area (Å²) < 4.78 is 28.5. The van der Waals surface area contributed by atoms with Crippen LogP contribution in [0, 0.1) is 6.92 Å². The number of hydrogen-bond acceptors (Lipinski definition) is 4. The molecule has 0 aliphatic carbocycles. The van der Waals surface area contributed by atoms with E-state index in [-0.39, 0.29) is 16.5 Å². The number of carbonyl (C=O) groups excluding carboxylic acids is 1. The van der Waals surface area contributed by atoms with Crippen LogP contribution in [0.5, 0.6) is 0 Å². The van der Waals surface area contributed by atoms with Gasteiger partial charge in [0.1, 0.15) is 5.82 Å². The fraction of sp³-hybridized carbons (Fsp3) is 0.273. The first-order valence-corrected chi connectivity index (χ1v) is 11.1. The Balaban J connectivity index is 1.84. The van der Waals surface area contributed by atoms with Crippen LogP contribution in [0.15, 0.2) is 65.6 Å². The molecule has 0 fully saturated rings. The highest BCUT2D eigenvalue weighted by Gasteiger charge is 2.24. The van der Waals surface area contributed by atoms with Gasteiger partial charge in [-0.1, -0.05) is 36.4 Å². The smallest absolute Gasteiger partial charge is 0.256 e. The molecule has 0 aliphatic rings. The van der Waals surface area contributed by atoms with Gasteiger partial charge in [0.05, 0.1) is 17.1 Å². The molecule has 3 rings (SSSR count). The number of sulfonamides is 1. The maximum Gasteiger partial charge on any atom is 0.256 e. The van der Waals surface area contributed by atoms with E-state index in [4.69, 9.17) is 0 Å². The second kappa shape index (κ2) is 8.81. The van der Waals surface area contributed by atoms with Crippen molar-refractivity contribution in [2.45, 2.75) is 38.3 Å². The van der Waals surface area contributed by atoms with Crippen molar-refractivity contribution in [1.29, 1.82) is 0 Å². The topological polar surface area (TPSA) is 84.3 Å². The predicted octanol–water partition coefficient (Wildman–Crippen LogP) is 3.52. The molecule has 0 radical (unpaired) electrons. The maximum absolute atomic E-state index is 12.9. The van der Waals surface area contributed by atoms with Gasteiger partial charge in [0.15, 0.2) is 0 Å². The number of nitrogens with one attached hydrogen (secondary N) is 1. The Morgan fingerprint density at radius 3 is 2.47 bits per heavy atom. The minimum Gasteiger partial charge on any atom is -0.307 e. The number of amides is 1. The van der Waals surface area contributed by atoms with E-state index in [0.29, 0.717) is 12.4 Å². The molecule has 0 spiro atoms. The molecule has 2 aromatic carbocycles. The second-order valence-corrected chi connectivity index (χ2v) is 9.41. The van der Waals surface area contributed by atoms with Crippen molar-refractivity contribution in [2.75, 3.05) is 12.4 Å². The largest absolute Gasteiger partial charge is 0.307 e. The average molecular weight is 427 g/mol. The number of anilines is 1. The lowest BCUT2D eigenvalue weighted by molar-refractivity contribution is 0.102. The molecule has 0 unspecified atom stereocenters. The maximum atomic E-state index is 12.9. The third-order valence-corrected chi connectivity index (χ3v) is 6.85. The first kappa shape index (κ1) is 21.7. The summed E-state index contributed by atoms with van der Waals surface area (Å²) in [5.74, 6) is 0.155. The molecule has 8 heteroatoms. The van der Waals surface area contributed by atoms with Gasteiger partial charge in [0.25, 0.3) is 5.91 Å². The molecule has 1 amide bonds. The zero-order chi connectivity index (χ0) is 21.9. The van der Waals surface area contributed by atoms with Crippen molar-refractivity contribution >= 4 is 21.7 Å². The fourth-order valence-corrected chi connectivity index (χ4v) is 4.37. The SMILES string of the molecule is Cc1cc(NC(=O)c2cccc(S(=O)(=O)N(C)C(C)C)c2)n(Cc2ccccc2)n1. The molecule has 0 saturated carbocycles. The molecule has 3 aromatic rings. The summed E-state index contributed by atoms with van der Waals surface area (Å²) in [5.41, 5.74) is 2.09. The van der Waals surface area contributed by atoms with Crippen molar-refractivity contribution in [3.8, 4) is 0 Å². The lowest BCUT2D eigenvalue weighted by Crippen LogP contribution is -2.33. The van der Waals surface area contributed by atoms with Crippen LogP contribution in [0.1, 0.15) is 35.5 Å². The molecule has 1 N–H and O–H groups in total. The molecule has 1 aromatic heterocycles. The number of aryl methyl sites for hydroxylation is 1. The Bertz CT molecular complexity index is 1140. The van der Waals surface area contributed by atoms with Crippen molar-refractivity contribution in [3.05, 3.63) is 77.5 Å². The fourth-order valence-electron chi connectivity index (χ4n) is 2.95. The predicted molar refractivity (Wildman–Crippen MR) is 117 cm³/mol. The van der Waals surface area contributed by atoms with Gasteiger partial charge in [0.2, 0.25) is 10.0 Å². The van der Waals surface area contributed by atoms with E-state index in [1.54, 1.807) is 36.7 Å². The van der Waals surface area contributed by atoms with Crippen LogP contribution in [-0.2, 0) is 16.6 Å². The lowest BCUT2D eigenvalue weighted by Gasteiger charge is -2.21. The third kappa shape index (κ3) is 4.77. The number of aromatic nitrogens is 2. The summed E-state index contributed by atoms with van der Waals surface area (Å²) in [6.45, 7) is 5.96. The highest BCUT2D eigenvalue weighted by Crippen LogP contribution is 2.19. The van der Waals surface area contributed by atoms with Crippen LogP contribution in [0.3, 0.4) is 0 Å². The highest BCUT2D eigenvalue weighted by molar-refractivity contribution is 7.89. The molecule has 0 atom stereocenters. The minimum atomic E-state index is -3.68. The number of nitrogens with zero attached hydrogens (tertiary/aromatic N) is 3. The molecular weight excluding hydrogens is 400 g/mol. The Morgan fingerprint density at radius 2 is 1.80 bits per heavy atom. The second-order valence-electron chi connectivity index (χ2n) is 7.41. The van der Waals surface area contributed by atoms with E-state index in [9.17, 15) is 13.2 Å². The molecule has 1 heterocycles. The van der Waals surface area contributed by atoms with Gasteiger partial charge >= 0.3 is 0 Å². The highest BCUT2D eigenvalue weighted by atomic mass is 32.2. The van der Waals surface area contributed by atoms with Crippen molar-refractivity contribution in [3.63, 3.8) is 0 Å². The first-order chi connectivity index (χ1) is 14.2. The summed E-state index contributed by atoms with van der Waals surface area (Å²) in [4.78, 5) is 12.9. The molecule has 30 heavy (non-hydrogen) atoms. The number of benzene rings is 2. The van der Waals surface area contributed by atoms with Crippen molar-refractivity contribution < 1.29 is 13.2 Å². The Morgan fingerprint density at radius 1 is 1.10 bits per heavy atom. The van der Waals surface area contributed by atoms with Crippen LogP contribution in [0.25, 0.3) is 0 Å². The van der Waals surface area contributed by atoms with Gasteiger partial charge < -0.3 is 5.32 Å². The van der Waals surface area contributed by atoms with E-state index < -0.39 is 15.9 Å². The summed E-state index contributed by atoms with van der Waals surface area (Å²) >= 11 is 0. The molecular formula is C22H26N4O3S. The standard InChI is InChI=1S/C22H26N4O3S/c1-16(2)25(4)30(28,29)20-12-8-11-19(14-20)22(27)23-21-13-17(3)24-26(21)15-18-9-6-5-7-10-18/h5-14,16H,15H2,1-4H3,(H,23,27). The molecule has 7 nitrogen and oxygen atoms in total. The van der Waals surface area contributed by atoms with E-state index in [1.807, 2.05) is 37.3 Å². The van der Waals surface area contributed by atoms with Crippen LogP contribution in [0.4, 0.5) is 5.82 Å². The number of carbonyl (C=O) groups is 1. The van der Waals surface area contributed by atoms with E-state index in [1.165, 1.54) is 23.5 Å². The molecule has 0 bridgehead atoms. The monoisotopic (exact) mass is 426 g/mol. The minimum absolute atomic E-state index is 0.0836. The third-order valence-electron chi connectivity index (χ3n) is 4.82. The normalized spacial score (nSPS) is 11.8. The van der Waals surface area contributed by atoms with Gasteiger partial charge in [-0.05, 0) is 44.5 Å². The van der Waals surface area contributed by atoms with Crippen LogP contribution in [-0.4, -0.2) is 41.5 Å². The summed E-state index contributed by atoms with van der Waals surface area (Å²) in [6, 6.07) is 17.5. The van der Waals surface area contributed by atoms with Gasteiger partial charge in [-0.3, -0.25) is 4.79 Å². The summed E-state index contributed by atoms with van der Waals surface area (Å²) in [5, 5.41) is 7.30. The Kier molecular flexibility index (Phi) is 6.38. The molecule has 0 aliphatic heterocycles. The van der Waals surface area contributed by atoms with Crippen LogP contribution in [0.2, 0.25) is 0 Å². The van der Waals surface area contributed by atoms with E-state index >= 15 is 0 Å². The zero-order valence-corrected chi connectivity index (χ0v) is 18.3. The lowest BCUT2D eigenvalue weighted by atomic mass is 10.2. The molecule has 0 saturated heterocycles. The van der Waals surface area contributed by atoms with E-state index in [0.717, 1.165) is 11.3 Å². The van der Waals surface area contributed by atoms with Gasteiger partial charge in [-0.15, -0.1) is 0 Å². The molecule has 158 valence electrons. The van der Waals surface area contributed by atoms with Gasteiger partial charge in [-0.2, -0.15) is 9.40 Å². The summed E-state index contributed by atoms with van der Waals surface area (Å²) in [6.07, 6.45) is 0.